The molecule has 1 aromatic heterocycles. The predicted octanol–water partition coefficient (Wildman–Crippen LogP) is 6.33. The van der Waals surface area contributed by atoms with E-state index in [0.717, 1.165) is 34.6 Å². The number of carbonyl (C=O) groups is 1. The first-order valence-electron chi connectivity index (χ1n) is 12.9. The number of nitrogens with one attached hydrogen (secondary N) is 1. The molecule has 1 aliphatic heterocycles. The summed E-state index contributed by atoms with van der Waals surface area (Å²) in [6.45, 7) is 11.3. The largest absolute Gasteiger partial charge is 0.490 e. The van der Waals surface area contributed by atoms with E-state index in [2.05, 4.69) is 57.3 Å². The molecule has 0 spiro atoms. The van der Waals surface area contributed by atoms with Crippen LogP contribution < -0.4 is 14.8 Å². The molecule has 0 bridgehead atoms. The first-order chi connectivity index (χ1) is 17.8. The van der Waals surface area contributed by atoms with Gasteiger partial charge in [0.15, 0.2) is 17.3 Å². The van der Waals surface area contributed by atoms with E-state index in [9.17, 15) is 4.79 Å². The number of allylic oxidation sites excluding steroid dienone is 2. The number of hydrogen-bond donors (Lipinski definition) is 1. The Bertz CT molecular complexity index is 1340. The normalized spacial score (nSPS) is 18.2. The lowest BCUT2D eigenvalue weighted by atomic mass is 9.73. The van der Waals surface area contributed by atoms with Crippen LogP contribution in [0, 0.1) is 12.3 Å². The number of hydrogen-bond acceptors (Lipinski definition) is 7. The molecule has 2 aromatic carbocycles. The smallest absolute Gasteiger partial charge is 0.227 e. The number of benzene rings is 2. The molecule has 8 heteroatoms. The van der Waals surface area contributed by atoms with Gasteiger partial charge in [-0.1, -0.05) is 68.4 Å². The number of Topliss-reactive ketones (excluding diaryl/α,β-unsaturated/α-hetero) is 1. The van der Waals surface area contributed by atoms with Crippen molar-refractivity contribution in [3.63, 3.8) is 0 Å². The summed E-state index contributed by atoms with van der Waals surface area (Å²) in [5.74, 6) is 3.01. The minimum absolute atomic E-state index is 0.110. The Morgan fingerprint density at radius 1 is 1.08 bits per heavy atom. The van der Waals surface area contributed by atoms with Gasteiger partial charge in [0.05, 0.1) is 6.61 Å². The lowest BCUT2D eigenvalue weighted by molar-refractivity contribution is -0.118. The van der Waals surface area contributed by atoms with E-state index in [1.807, 2.05) is 29.8 Å². The van der Waals surface area contributed by atoms with E-state index >= 15 is 0 Å². The number of aryl methyl sites for hydroxylation is 1. The zero-order valence-electron chi connectivity index (χ0n) is 22.1. The molecule has 194 valence electrons. The molecule has 1 aliphatic carbocycles. The molecule has 1 atom stereocenters. The fourth-order valence-electron chi connectivity index (χ4n) is 5.02. The van der Waals surface area contributed by atoms with Gasteiger partial charge < -0.3 is 14.8 Å². The molecule has 0 radical (unpaired) electrons. The molecule has 3 aromatic rings. The summed E-state index contributed by atoms with van der Waals surface area (Å²) in [4.78, 5) is 18.2. The third-order valence-corrected chi connectivity index (χ3v) is 7.40. The standard InChI is InChI=1S/C29H34N4O3S/c1-6-35-24-14-20(12-13-23(24)36-17-19-10-8-18(3)9-11-19)26-25-21(15-29(4,5)16-22(25)34)30-27-31-28(37-7-2)32-33(26)27/h8-14,26H,6-7,15-17H2,1-5H3,(H,30,31,32). The van der Waals surface area contributed by atoms with Crippen molar-refractivity contribution < 1.29 is 14.3 Å². The molecule has 1 unspecified atom stereocenters. The Hall–Kier alpha value is -3.26. The van der Waals surface area contributed by atoms with Crippen molar-refractivity contribution in [1.82, 2.24) is 14.8 Å². The summed E-state index contributed by atoms with van der Waals surface area (Å²) < 4.78 is 14.0. The molecule has 7 nitrogen and oxygen atoms in total. The molecule has 1 N–H and O–H groups in total. The summed E-state index contributed by atoms with van der Waals surface area (Å²) >= 11 is 1.59. The molecule has 37 heavy (non-hydrogen) atoms. The third kappa shape index (κ3) is 5.25. The van der Waals surface area contributed by atoms with Crippen molar-refractivity contribution in [2.24, 2.45) is 5.41 Å². The Morgan fingerprint density at radius 3 is 2.59 bits per heavy atom. The van der Waals surface area contributed by atoms with E-state index in [0.29, 0.717) is 42.2 Å². The van der Waals surface area contributed by atoms with Gasteiger partial charge in [-0.2, -0.15) is 4.98 Å². The summed E-state index contributed by atoms with van der Waals surface area (Å²) in [6.07, 6.45) is 1.28. The number of fused-ring (bicyclic) bond motifs is 1. The van der Waals surface area contributed by atoms with Crippen LogP contribution in [-0.4, -0.2) is 32.9 Å². The van der Waals surface area contributed by atoms with Crippen molar-refractivity contribution in [3.05, 3.63) is 70.4 Å². The van der Waals surface area contributed by atoms with Crippen LogP contribution in [0.3, 0.4) is 0 Å². The Labute approximate surface area is 222 Å². The summed E-state index contributed by atoms with van der Waals surface area (Å²) in [5.41, 5.74) is 4.83. The highest BCUT2D eigenvalue weighted by Gasteiger charge is 2.42. The van der Waals surface area contributed by atoms with Crippen LogP contribution in [0.2, 0.25) is 0 Å². The van der Waals surface area contributed by atoms with Crippen LogP contribution >= 0.6 is 11.8 Å². The zero-order chi connectivity index (χ0) is 26.2. The van der Waals surface area contributed by atoms with Gasteiger partial charge in [-0.15, -0.1) is 5.10 Å². The minimum atomic E-state index is -0.376. The second-order valence-corrected chi connectivity index (χ2v) is 11.6. The number of thioether (sulfide) groups is 1. The first kappa shape index (κ1) is 25.4. The average Bonchev–Trinajstić information content (AvgIpc) is 3.24. The average molecular weight is 519 g/mol. The van der Waals surface area contributed by atoms with Gasteiger partial charge in [0.1, 0.15) is 12.6 Å². The van der Waals surface area contributed by atoms with Crippen molar-refractivity contribution in [2.75, 3.05) is 17.7 Å². The molecule has 0 amide bonds. The van der Waals surface area contributed by atoms with Crippen LogP contribution in [0.4, 0.5) is 5.95 Å². The fraction of sp³-hybridized carbons (Fsp3) is 0.414. The van der Waals surface area contributed by atoms with E-state index in [1.54, 1.807) is 11.8 Å². The number of rotatable bonds is 8. The van der Waals surface area contributed by atoms with Crippen molar-refractivity contribution in [3.8, 4) is 11.5 Å². The van der Waals surface area contributed by atoms with E-state index in [4.69, 9.17) is 19.6 Å². The number of ketones is 1. The second-order valence-electron chi connectivity index (χ2n) is 10.4. The fourth-order valence-corrected chi connectivity index (χ4v) is 5.57. The number of carbonyl (C=O) groups excluding carboxylic acids is 1. The van der Waals surface area contributed by atoms with Gasteiger partial charge in [0, 0.05) is 17.7 Å². The summed E-state index contributed by atoms with van der Waals surface area (Å²) in [7, 11) is 0. The van der Waals surface area contributed by atoms with Crippen LogP contribution in [0.15, 0.2) is 58.9 Å². The highest BCUT2D eigenvalue weighted by atomic mass is 32.2. The van der Waals surface area contributed by atoms with Gasteiger partial charge in [-0.05, 0) is 54.7 Å². The van der Waals surface area contributed by atoms with E-state index in [1.165, 1.54) is 5.56 Å². The SMILES string of the molecule is CCOc1cc(C2C3=C(CC(C)(C)CC3=O)Nc3nc(SCC)nn32)ccc1OCc1ccc(C)cc1. The monoisotopic (exact) mass is 518 g/mol. The van der Waals surface area contributed by atoms with Gasteiger partial charge in [-0.3, -0.25) is 4.79 Å². The topological polar surface area (TPSA) is 78.3 Å². The highest BCUT2D eigenvalue weighted by Crippen LogP contribution is 2.46. The molecular formula is C29H34N4O3S. The number of aromatic nitrogens is 3. The quantitative estimate of drug-likeness (QED) is 0.349. The lowest BCUT2D eigenvalue weighted by Gasteiger charge is -2.38. The van der Waals surface area contributed by atoms with E-state index in [-0.39, 0.29) is 17.2 Å². The van der Waals surface area contributed by atoms with Crippen LogP contribution in [0.25, 0.3) is 0 Å². The van der Waals surface area contributed by atoms with Crippen LogP contribution in [0.1, 0.15) is 63.3 Å². The van der Waals surface area contributed by atoms with Gasteiger partial charge in [0.2, 0.25) is 11.1 Å². The van der Waals surface area contributed by atoms with Crippen LogP contribution in [-0.2, 0) is 11.4 Å². The first-order valence-corrected chi connectivity index (χ1v) is 13.8. The molecule has 5 rings (SSSR count). The van der Waals surface area contributed by atoms with E-state index < -0.39 is 0 Å². The maximum atomic E-state index is 13.5. The Kier molecular flexibility index (Phi) is 7.03. The van der Waals surface area contributed by atoms with Crippen molar-refractivity contribution >= 4 is 23.5 Å². The molecule has 0 saturated heterocycles. The third-order valence-electron chi connectivity index (χ3n) is 6.68. The molecule has 0 saturated carbocycles. The van der Waals surface area contributed by atoms with Crippen LogP contribution in [0.5, 0.6) is 11.5 Å². The van der Waals surface area contributed by atoms with Crippen molar-refractivity contribution in [1.29, 1.82) is 0 Å². The molecule has 0 fully saturated rings. The molecular weight excluding hydrogens is 484 g/mol. The molecule has 2 aliphatic rings. The summed E-state index contributed by atoms with van der Waals surface area (Å²) in [5, 5.41) is 8.92. The highest BCUT2D eigenvalue weighted by molar-refractivity contribution is 7.99. The zero-order valence-corrected chi connectivity index (χ0v) is 22.9. The number of ether oxygens (including phenoxy) is 2. The van der Waals surface area contributed by atoms with Gasteiger partial charge in [-0.25, -0.2) is 4.68 Å². The second kappa shape index (κ2) is 10.2. The maximum absolute atomic E-state index is 13.5. The number of anilines is 1. The maximum Gasteiger partial charge on any atom is 0.227 e. The Balaban J connectivity index is 1.54. The Morgan fingerprint density at radius 2 is 1.86 bits per heavy atom. The molecule has 2 heterocycles. The number of nitrogens with zero attached hydrogens (tertiary/aromatic N) is 3. The summed E-state index contributed by atoms with van der Waals surface area (Å²) in [6, 6.07) is 13.9. The van der Waals surface area contributed by atoms with Gasteiger partial charge in [0.25, 0.3) is 0 Å². The van der Waals surface area contributed by atoms with Gasteiger partial charge >= 0.3 is 0 Å². The van der Waals surface area contributed by atoms with Crippen molar-refractivity contribution in [2.45, 2.75) is 65.3 Å². The minimum Gasteiger partial charge on any atom is -0.490 e. The lowest BCUT2D eigenvalue weighted by Crippen LogP contribution is -2.36. The predicted molar refractivity (Wildman–Crippen MR) is 146 cm³/mol.